The minimum absolute atomic E-state index is 0. The van der Waals surface area contributed by atoms with Crippen LogP contribution in [-0.2, 0) is 9.53 Å². The molecule has 1 aliphatic heterocycles. The first kappa shape index (κ1) is 22.1. The maximum atomic E-state index is 13.1. The van der Waals surface area contributed by atoms with Crippen LogP contribution in [0.3, 0.4) is 0 Å². The molecule has 4 rings (SSSR count). The van der Waals surface area contributed by atoms with E-state index in [2.05, 4.69) is 15.3 Å². The van der Waals surface area contributed by atoms with Gasteiger partial charge in [0.15, 0.2) is 0 Å². The molecule has 150 valence electrons. The summed E-state index contributed by atoms with van der Waals surface area (Å²) in [5, 5.41) is 2.88. The molecule has 28 heavy (non-hydrogen) atoms. The van der Waals surface area contributed by atoms with Crippen molar-refractivity contribution in [2.45, 2.75) is 25.0 Å². The quantitative estimate of drug-likeness (QED) is 0.593. The molecule has 1 saturated heterocycles. The topological polar surface area (TPSA) is 93.0 Å². The maximum Gasteiger partial charge on any atom is 0.253 e. The number of benzene rings is 2. The van der Waals surface area contributed by atoms with E-state index in [9.17, 15) is 9.18 Å². The smallest absolute Gasteiger partial charge is 0.253 e. The lowest BCUT2D eigenvalue weighted by molar-refractivity contribution is -0.126. The number of halogens is 3. The van der Waals surface area contributed by atoms with E-state index in [1.807, 2.05) is 12.1 Å². The van der Waals surface area contributed by atoms with Gasteiger partial charge in [-0.2, -0.15) is 0 Å². The zero-order valence-corrected chi connectivity index (χ0v) is 16.5. The van der Waals surface area contributed by atoms with Crippen LogP contribution in [0.15, 0.2) is 42.5 Å². The van der Waals surface area contributed by atoms with Crippen LogP contribution in [-0.4, -0.2) is 34.6 Å². The van der Waals surface area contributed by atoms with Crippen molar-refractivity contribution in [2.24, 2.45) is 5.73 Å². The third kappa shape index (κ3) is 4.62. The number of aromatic amines is 1. The van der Waals surface area contributed by atoms with Crippen LogP contribution in [0.2, 0.25) is 0 Å². The fourth-order valence-corrected chi connectivity index (χ4v) is 3.13. The lowest BCUT2D eigenvalue weighted by Crippen LogP contribution is -2.29. The number of hydrogen-bond donors (Lipinski definition) is 3. The molecule has 1 amide bonds. The Kier molecular flexibility index (Phi) is 7.37. The number of carbonyl (C=O) groups excluding carboxylic acids is 1. The molecule has 4 N–H and O–H groups in total. The summed E-state index contributed by atoms with van der Waals surface area (Å²) in [6.07, 6.45) is 0.971. The van der Waals surface area contributed by atoms with Crippen molar-refractivity contribution < 1.29 is 13.9 Å². The van der Waals surface area contributed by atoms with Gasteiger partial charge < -0.3 is 20.8 Å². The van der Waals surface area contributed by atoms with Gasteiger partial charge in [-0.25, -0.2) is 9.37 Å². The van der Waals surface area contributed by atoms with Gasteiger partial charge in [-0.1, -0.05) is 0 Å². The van der Waals surface area contributed by atoms with Crippen molar-refractivity contribution in [3.8, 4) is 11.4 Å². The van der Waals surface area contributed by atoms with Crippen LogP contribution in [0.1, 0.15) is 12.8 Å². The Hall–Kier alpha value is -2.19. The first-order valence-electron chi connectivity index (χ1n) is 8.54. The molecule has 0 spiro atoms. The van der Waals surface area contributed by atoms with Crippen LogP contribution < -0.4 is 11.1 Å². The minimum Gasteiger partial charge on any atom is -0.364 e. The Balaban J connectivity index is 0.00000140. The summed E-state index contributed by atoms with van der Waals surface area (Å²) < 4.78 is 18.7. The van der Waals surface area contributed by atoms with E-state index >= 15 is 0 Å². The Morgan fingerprint density at radius 2 is 1.96 bits per heavy atom. The molecule has 2 atom stereocenters. The van der Waals surface area contributed by atoms with Gasteiger partial charge in [0.25, 0.3) is 5.91 Å². The van der Waals surface area contributed by atoms with E-state index in [1.54, 1.807) is 18.2 Å². The molecular formula is C19H21Cl2FN4O2. The molecule has 1 aromatic heterocycles. The van der Waals surface area contributed by atoms with E-state index in [0.29, 0.717) is 24.5 Å². The van der Waals surface area contributed by atoms with Gasteiger partial charge in [-0.3, -0.25) is 4.79 Å². The van der Waals surface area contributed by atoms with Gasteiger partial charge in [-0.05, 0) is 55.3 Å². The van der Waals surface area contributed by atoms with Gasteiger partial charge in [-0.15, -0.1) is 24.8 Å². The number of aromatic nitrogens is 2. The van der Waals surface area contributed by atoms with Crippen molar-refractivity contribution in [3.05, 3.63) is 48.3 Å². The number of hydrogen-bond acceptors (Lipinski definition) is 4. The second kappa shape index (κ2) is 9.34. The highest BCUT2D eigenvalue weighted by Crippen LogP contribution is 2.24. The normalized spacial score (nSPS) is 18.4. The monoisotopic (exact) mass is 426 g/mol. The van der Waals surface area contributed by atoms with E-state index < -0.39 is 6.10 Å². The minimum atomic E-state index is -0.462. The molecule has 6 nitrogen and oxygen atoms in total. The van der Waals surface area contributed by atoms with Gasteiger partial charge in [0.2, 0.25) is 0 Å². The zero-order chi connectivity index (χ0) is 18.1. The molecule has 3 aromatic rings. The highest BCUT2D eigenvalue weighted by molar-refractivity contribution is 5.96. The third-order valence-electron chi connectivity index (χ3n) is 4.53. The fourth-order valence-electron chi connectivity index (χ4n) is 3.13. The van der Waals surface area contributed by atoms with Gasteiger partial charge in [0, 0.05) is 17.8 Å². The number of imidazole rings is 1. The van der Waals surface area contributed by atoms with Crippen LogP contribution in [0.4, 0.5) is 10.1 Å². The fraction of sp³-hybridized carbons (Fsp3) is 0.263. The van der Waals surface area contributed by atoms with Crippen LogP contribution in [0.5, 0.6) is 0 Å². The SMILES string of the molecule is Cl.Cl.NC[C@H]1CC[C@@H](C(=O)Nc2ccc3nc(-c4ccc(F)cc4)[nH]c3c2)O1. The Morgan fingerprint density at radius 1 is 1.21 bits per heavy atom. The van der Waals surface area contributed by atoms with E-state index in [1.165, 1.54) is 12.1 Å². The summed E-state index contributed by atoms with van der Waals surface area (Å²) in [6, 6.07) is 11.6. The highest BCUT2D eigenvalue weighted by atomic mass is 35.5. The molecule has 2 aromatic carbocycles. The summed E-state index contributed by atoms with van der Waals surface area (Å²) in [6.45, 7) is 0.427. The Labute approximate surface area is 173 Å². The van der Waals surface area contributed by atoms with E-state index in [4.69, 9.17) is 10.5 Å². The van der Waals surface area contributed by atoms with E-state index in [-0.39, 0.29) is 42.6 Å². The van der Waals surface area contributed by atoms with Crippen LogP contribution in [0, 0.1) is 5.82 Å². The summed E-state index contributed by atoms with van der Waals surface area (Å²) >= 11 is 0. The molecule has 9 heteroatoms. The maximum absolute atomic E-state index is 13.1. The second-order valence-corrected chi connectivity index (χ2v) is 6.37. The number of amides is 1. The number of ether oxygens (including phenoxy) is 1. The molecule has 2 heterocycles. The number of carbonyl (C=O) groups is 1. The molecule has 0 saturated carbocycles. The number of nitrogens with zero attached hydrogens (tertiary/aromatic N) is 1. The van der Waals surface area contributed by atoms with Crippen molar-refractivity contribution in [2.75, 3.05) is 11.9 Å². The number of nitrogens with one attached hydrogen (secondary N) is 2. The lowest BCUT2D eigenvalue weighted by Gasteiger charge is -2.12. The molecule has 0 aliphatic carbocycles. The molecule has 1 aliphatic rings. The zero-order valence-electron chi connectivity index (χ0n) is 14.9. The number of nitrogens with two attached hydrogens (primary N) is 1. The second-order valence-electron chi connectivity index (χ2n) is 6.37. The standard InChI is InChI=1S/C19H19FN4O2.2ClH/c20-12-3-1-11(2-4-12)18-23-15-7-5-13(9-16(15)24-18)22-19(25)17-8-6-14(10-21)26-17;;/h1-5,7,9,14,17H,6,8,10,21H2,(H,22,25)(H,23,24);2*1H/t14-,17+;;/m1../s1. The lowest BCUT2D eigenvalue weighted by atomic mass is 10.2. The summed E-state index contributed by atoms with van der Waals surface area (Å²) in [7, 11) is 0. The Morgan fingerprint density at radius 3 is 2.64 bits per heavy atom. The summed E-state index contributed by atoms with van der Waals surface area (Å²) in [5.74, 6) is 0.188. The average Bonchev–Trinajstić information content (AvgIpc) is 3.29. The summed E-state index contributed by atoms with van der Waals surface area (Å²) in [4.78, 5) is 20.0. The van der Waals surface area contributed by atoms with Crippen molar-refractivity contribution >= 4 is 47.4 Å². The van der Waals surface area contributed by atoms with Gasteiger partial charge >= 0.3 is 0 Å². The largest absolute Gasteiger partial charge is 0.364 e. The third-order valence-corrected chi connectivity index (χ3v) is 4.53. The van der Waals surface area contributed by atoms with Crippen molar-refractivity contribution in [3.63, 3.8) is 0 Å². The average molecular weight is 427 g/mol. The van der Waals surface area contributed by atoms with E-state index in [0.717, 1.165) is 23.0 Å². The summed E-state index contributed by atoms with van der Waals surface area (Å²) in [5.41, 5.74) is 8.59. The van der Waals surface area contributed by atoms with Gasteiger partial charge in [0.05, 0.1) is 17.1 Å². The number of fused-ring (bicyclic) bond motifs is 1. The number of anilines is 1. The van der Waals surface area contributed by atoms with Crippen molar-refractivity contribution in [1.82, 2.24) is 9.97 Å². The molecule has 0 radical (unpaired) electrons. The molecule has 0 unspecified atom stereocenters. The molecule has 0 bridgehead atoms. The van der Waals surface area contributed by atoms with Gasteiger partial charge in [0.1, 0.15) is 17.7 Å². The number of H-pyrrole nitrogens is 1. The predicted octanol–water partition coefficient (Wildman–Crippen LogP) is 3.66. The first-order valence-corrected chi connectivity index (χ1v) is 8.54. The number of rotatable bonds is 4. The molecule has 1 fully saturated rings. The van der Waals surface area contributed by atoms with Crippen LogP contribution >= 0.6 is 24.8 Å². The first-order chi connectivity index (χ1) is 12.6. The Bertz CT molecular complexity index is 949. The van der Waals surface area contributed by atoms with Crippen molar-refractivity contribution in [1.29, 1.82) is 0 Å². The predicted molar refractivity (Wildman–Crippen MR) is 112 cm³/mol. The highest BCUT2D eigenvalue weighted by Gasteiger charge is 2.29. The molecular weight excluding hydrogens is 406 g/mol. The van der Waals surface area contributed by atoms with Crippen LogP contribution in [0.25, 0.3) is 22.4 Å².